The first-order valence-electron chi connectivity index (χ1n) is 28.4. The minimum Gasteiger partial charge on any atom is -0.469 e. The number of methoxy groups -OCH3 is 1. The second-order valence-corrected chi connectivity index (χ2v) is 26.2. The van der Waals surface area contributed by atoms with Gasteiger partial charge in [-0.3, -0.25) is 9.59 Å². The molecule has 0 aromatic heterocycles. The van der Waals surface area contributed by atoms with Crippen LogP contribution in [-0.4, -0.2) is 246 Å². The van der Waals surface area contributed by atoms with Crippen LogP contribution in [0.2, 0.25) is 0 Å². The summed E-state index contributed by atoms with van der Waals surface area (Å²) in [6.07, 6.45) is -27.5. The van der Waals surface area contributed by atoms with E-state index in [0.717, 1.165) is 18.4 Å². The lowest BCUT2D eigenvalue weighted by Crippen LogP contribution is -2.68. The fourth-order valence-electron chi connectivity index (χ4n) is 16.8. The predicted octanol–water partition coefficient (Wildman–Crippen LogP) is -2.88. The molecule has 14 N–H and O–H groups in total. The lowest BCUT2D eigenvalue weighted by molar-refractivity contribution is -0.398. The smallest absolute Gasteiger partial charge is 0.315 e. The van der Waals surface area contributed by atoms with Gasteiger partial charge in [0.2, 0.25) is 6.29 Å². The number of aliphatic hydroxyl groups excluding tert-OH is 14. The maximum Gasteiger partial charge on any atom is 0.315 e. The first-order chi connectivity index (χ1) is 37.6. The third-order valence-corrected chi connectivity index (χ3v) is 21.9. The fourth-order valence-corrected chi connectivity index (χ4v) is 16.8. The fraction of sp³-hybridized carbons (Fsp3) is 0.927. The van der Waals surface area contributed by atoms with Gasteiger partial charge in [0.15, 0.2) is 18.9 Å². The molecule has 4 saturated carbocycles. The Morgan fingerprint density at radius 3 is 1.54 bits per heavy atom. The Morgan fingerprint density at radius 1 is 0.525 bits per heavy atom. The van der Waals surface area contributed by atoms with E-state index in [2.05, 4.69) is 40.7 Å². The number of ether oxygens (including phenoxy) is 9. The summed E-state index contributed by atoms with van der Waals surface area (Å²) in [7, 11) is 1.34. The molecule has 0 aromatic carbocycles. The standard InChI is InChI=1S/C55H88O25/c1-50(2)29-10-13-54(6)30(9-8-23-24-18-51(3,48(70)72-7)14-16-55(24,17-15-53(23,54)5)49(71)80-45-41(69)37(65)33(61)26(20-57)74-45)52(29,4)12-11-31(50)77-46-42(38(66)34(62)27(21-58)75-46)79-47-43(39(67)35(63)28(22-59)76-47)78-44-40(68)36(64)32(60)25(19-56)73-44/h8,24-47,56-69H,9-22H2,1-7H3/t24?,25-,26-,27-,28-,29?,30?,31+,32-,33-,34-,35-,36+,37+,38+,39+,40-,41-,42-,43-,44+,45+,46+,47+,51+,52+,53-,54-,55+/m1/s1. The van der Waals surface area contributed by atoms with Crippen molar-refractivity contribution in [3.8, 4) is 0 Å². The van der Waals surface area contributed by atoms with E-state index in [0.29, 0.717) is 38.5 Å². The number of hydrogen-bond acceptors (Lipinski definition) is 25. The van der Waals surface area contributed by atoms with Gasteiger partial charge in [-0.05, 0) is 111 Å². The molecular weight excluding hydrogens is 1060 g/mol. The van der Waals surface area contributed by atoms with Crippen LogP contribution in [-0.2, 0) is 52.2 Å². The molecule has 0 spiro atoms. The van der Waals surface area contributed by atoms with Crippen molar-refractivity contribution in [2.75, 3.05) is 33.5 Å². The van der Waals surface area contributed by atoms with Crippen molar-refractivity contribution in [3.05, 3.63) is 11.6 Å². The zero-order valence-electron chi connectivity index (χ0n) is 46.6. The Labute approximate surface area is 464 Å². The maximum absolute atomic E-state index is 14.9. The van der Waals surface area contributed by atoms with E-state index in [-0.39, 0.29) is 35.5 Å². The van der Waals surface area contributed by atoms with Crippen molar-refractivity contribution < 1.29 is 124 Å². The second-order valence-electron chi connectivity index (χ2n) is 26.2. The van der Waals surface area contributed by atoms with E-state index in [1.165, 1.54) is 7.11 Å². The molecule has 25 nitrogen and oxygen atoms in total. The Kier molecular flexibility index (Phi) is 17.9. The summed E-state index contributed by atoms with van der Waals surface area (Å²) in [5.41, 5.74) is -2.86. The van der Waals surface area contributed by atoms with Gasteiger partial charge >= 0.3 is 11.9 Å². The van der Waals surface area contributed by atoms with Gasteiger partial charge in [0.25, 0.3) is 0 Å². The Hall–Kier alpha value is -2.16. The molecule has 0 bridgehead atoms. The summed E-state index contributed by atoms with van der Waals surface area (Å²) < 4.78 is 53.7. The normalized spacial score (nSPS) is 53.0. The zero-order valence-corrected chi connectivity index (χ0v) is 46.6. The van der Waals surface area contributed by atoms with Crippen molar-refractivity contribution in [3.63, 3.8) is 0 Å². The monoisotopic (exact) mass is 1150 g/mol. The summed E-state index contributed by atoms with van der Waals surface area (Å²) in [5, 5.41) is 149. The quantitative estimate of drug-likeness (QED) is 0.0500. The average molecular weight is 1150 g/mol. The molecule has 0 amide bonds. The van der Waals surface area contributed by atoms with Crippen LogP contribution >= 0.6 is 0 Å². The largest absolute Gasteiger partial charge is 0.469 e. The van der Waals surface area contributed by atoms with Crippen molar-refractivity contribution in [1.82, 2.24) is 0 Å². The number of fused-ring (bicyclic) bond motifs is 7. The highest BCUT2D eigenvalue weighted by Gasteiger charge is 2.71. The molecule has 29 atom stereocenters. The van der Waals surface area contributed by atoms with Gasteiger partial charge in [0.1, 0.15) is 97.7 Å². The van der Waals surface area contributed by atoms with Crippen LogP contribution in [0.4, 0.5) is 0 Å². The third kappa shape index (κ3) is 9.93. The van der Waals surface area contributed by atoms with Crippen molar-refractivity contribution in [2.45, 2.75) is 235 Å². The van der Waals surface area contributed by atoms with Gasteiger partial charge in [-0.15, -0.1) is 0 Å². The third-order valence-electron chi connectivity index (χ3n) is 21.9. The van der Waals surface area contributed by atoms with Crippen molar-refractivity contribution in [2.24, 2.45) is 50.2 Å². The topological polar surface area (TPSA) is 400 Å². The molecule has 0 radical (unpaired) electrons. The molecule has 80 heavy (non-hydrogen) atoms. The van der Waals surface area contributed by atoms with Crippen molar-refractivity contribution in [1.29, 1.82) is 0 Å². The van der Waals surface area contributed by atoms with Crippen LogP contribution in [0.3, 0.4) is 0 Å². The lowest BCUT2D eigenvalue weighted by Gasteiger charge is -2.71. The highest BCUT2D eigenvalue weighted by Crippen LogP contribution is 2.76. The van der Waals surface area contributed by atoms with Crippen LogP contribution in [0.5, 0.6) is 0 Å². The Morgan fingerprint density at radius 2 is 1.00 bits per heavy atom. The minimum atomic E-state index is -1.96. The molecule has 8 fully saturated rings. The van der Waals surface area contributed by atoms with Gasteiger partial charge in [-0.25, -0.2) is 0 Å². The van der Waals surface area contributed by atoms with Gasteiger partial charge in [-0.1, -0.05) is 46.3 Å². The van der Waals surface area contributed by atoms with Gasteiger partial charge in [0.05, 0.1) is 50.5 Å². The molecule has 25 heteroatoms. The minimum absolute atomic E-state index is 0.00548. The average Bonchev–Trinajstić information content (AvgIpc) is 2.51. The molecule has 4 saturated heterocycles. The molecule has 4 aliphatic heterocycles. The van der Waals surface area contributed by atoms with Crippen molar-refractivity contribution >= 4 is 11.9 Å². The number of carbonyl (C=O) groups is 2. The number of rotatable bonds is 13. The zero-order chi connectivity index (χ0) is 58.6. The Balaban J connectivity index is 0.980. The first kappa shape index (κ1) is 62.4. The SMILES string of the molecule is COC(=O)[C@@]1(C)CC[C@]2(C(=O)O[C@@H]3O[C@H](CO)[C@@H](O)[C@H](O)[C@H]3O)CC[C@]3(C)C(=CCC4[C@@]5(C)CC[C@H](O[C@@H]6O[C@H](CO)[C@@H](O)[C@H](O)[C@H]6O[C@@H]6O[C@H](CO)[C@@H](O)[C@H](O)[C@H]6O[C@@H]6O[C@H](CO)[C@@H](O)[C@H](O)[C@H]6O)C(C)(C)C5CC[C@]43C)C2C1. The van der Waals surface area contributed by atoms with Crippen LogP contribution in [0.15, 0.2) is 11.6 Å². The van der Waals surface area contributed by atoms with E-state index in [9.17, 15) is 81.1 Å². The number of carbonyl (C=O) groups excluding carboxylic acids is 2. The summed E-state index contributed by atoms with van der Waals surface area (Å²) in [6, 6.07) is 0. The summed E-state index contributed by atoms with van der Waals surface area (Å²) in [6.45, 7) is 9.89. The maximum atomic E-state index is 14.9. The summed E-state index contributed by atoms with van der Waals surface area (Å²) >= 11 is 0. The summed E-state index contributed by atoms with van der Waals surface area (Å²) in [5.74, 6) is -1.46. The highest BCUT2D eigenvalue weighted by molar-refractivity contribution is 5.81. The van der Waals surface area contributed by atoms with Gasteiger partial charge in [-0.2, -0.15) is 0 Å². The summed E-state index contributed by atoms with van der Waals surface area (Å²) in [4.78, 5) is 28.5. The van der Waals surface area contributed by atoms with E-state index in [1.807, 2.05) is 6.92 Å². The van der Waals surface area contributed by atoms with Crippen LogP contribution in [0.1, 0.15) is 106 Å². The van der Waals surface area contributed by atoms with Gasteiger partial charge in [0, 0.05) is 0 Å². The molecule has 3 unspecified atom stereocenters. The first-order valence-corrected chi connectivity index (χ1v) is 28.4. The number of allylic oxidation sites excluding steroid dienone is 2. The van der Waals surface area contributed by atoms with Crippen LogP contribution < -0.4 is 0 Å². The molecular formula is C55H88O25. The van der Waals surface area contributed by atoms with E-state index in [1.54, 1.807) is 0 Å². The molecule has 9 rings (SSSR count). The van der Waals surface area contributed by atoms with Crippen LogP contribution in [0, 0.1) is 50.2 Å². The second kappa shape index (κ2) is 22.9. The highest BCUT2D eigenvalue weighted by atomic mass is 16.8. The van der Waals surface area contributed by atoms with Crippen LogP contribution in [0.25, 0.3) is 0 Å². The molecule has 0 aromatic rings. The Bertz CT molecular complexity index is 2240. The number of hydrogen-bond donors (Lipinski definition) is 14. The van der Waals surface area contributed by atoms with E-state index >= 15 is 0 Å². The van der Waals surface area contributed by atoms with E-state index in [4.69, 9.17) is 42.6 Å². The van der Waals surface area contributed by atoms with E-state index < -0.39 is 195 Å². The predicted molar refractivity (Wildman–Crippen MR) is 269 cm³/mol. The van der Waals surface area contributed by atoms with Gasteiger partial charge < -0.3 is 114 Å². The molecule has 4 heterocycles. The number of aliphatic hydroxyl groups is 14. The molecule has 5 aliphatic carbocycles. The number of esters is 2. The lowest BCUT2D eigenvalue weighted by atomic mass is 9.33. The molecule has 458 valence electrons. The molecule has 9 aliphatic rings.